The highest BCUT2D eigenvalue weighted by molar-refractivity contribution is 6.36. The number of amides is 1. The zero-order chi connectivity index (χ0) is 22.9. The molecule has 33 heavy (non-hydrogen) atoms. The van der Waals surface area contributed by atoms with E-state index in [1.807, 2.05) is 6.07 Å². The number of rotatable bonds is 5. The van der Waals surface area contributed by atoms with Crippen LogP contribution in [0.2, 0.25) is 0 Å². The van der Waals surface area contributed by atoms with Crippen LogP contribution in [0.4, 0.5) is 10.1 Å². The van der Waals surface area contributed by atoms with Crippen LogP contribution in [0.5, 0.6) is 0 Å². The van der Waals surface area contributed by atoms with Gasteiger partial charge in [0.05, 0.1) is 18.6 Å². The fourth-order valence-electron chi connectivity index (χ4n) is 5.01. The number of hydrogen-bond donors (Lipinski definition) is 1. The third-order valence-electron chi connectivity index (χ3n) is 6.80. The minimum Gasteiger partial charge on any atom is -0.487 e. The van der Waals surface area contributed by atoms with Crippen molar-refractivity contribution in [3.8, 4) is 0 Å². The Morgan fingerprint density at radius 2 is 2.00 bits per heavy atom. The van der Waals surface area contributed by atoms with E-state index < -0.39 is 0 Å². The Bertz CT molecular complexity index is 1140. The summed E-state index contributed by atoms with van der Waals surface area (Å²) in [7, 11) is 1.46. The first-order valence-corrected chi connectivity index (χ1v) is 11.4. The van der Waals surface area contributed by atoms with E-state index >= 15 is 0 Å². The highest BCUT2D eigenvalue weighted by atomic mass is 19.1. The maximum absolute atomic E-state index is 13.8. The molecular formula is C26H27FN2O4. The normalized spacial score (nSPS) is 20.2. The van der Waals surface area contributed by atoms with Crippen molar-refractivity contribution in [2.75, 3.05) is 32.1 Å². The van der Waals surface area contributed by atoms with E-state index in [2.05, 4.69) is 22.3 Å². The number of carbonyl (C=O) groups excluding carboxylic acids is 2. The molecule has 0 atom stereocenters. The average Bonchev–Trinajstić information content (AvgIpc) is 3.38. The first-order chi connectivity index (χ1) is 16.0. The van der Waals surface area contributed by atoms with E-state index in [9.17, 15) is 14.0 Å². The minimum atomic E-state index is -0.383. The maximum Gasteiger partial charge on any atom is 0.308 e. The molecule has 2 aromatic carbocycles. The van der Waals surface area contributed by atoms with Gasteiger partial charge in [0.1, 0.15) is 18.2 Å². The summed E-state index contributed by atoms with van der Waals surface area (Å²) in [6.45, 7) is 3.26. The molecule has 1 fully saturated rings. The van der Waals surface area contributed by atoms with Crippen LogP contribution in [0.1, 0.15) is 41.5 Å². The fourth-order valence-corrected chi connectivity index (χ4v) is 5.01. The summed E-state index contributed by atoms with van der Waals surface area (Å²) in [6, 6.07) is 10.5. The minimum absolute atomic E-state index is 0.0386. The molecule has 3 heterocycles. The molecule has 0 bridgehead atoms. The molecule has 5 rings (SSSR count). The van der Waals surface area contributed by atoms with E-state index in [0.29, 0.717) is 29.2 Å². The molecule has 1 saturated heterocycles. The van der Waals surface area contributed by atoms with Crippen molar-refractivity contribution in [3.05, 3.63) is 64.5 Å². The van der Waals surface area contributed by atoms with Crippen LogP contribution in [0, 0.1) is 11.7 Å². The van der Waals surface area contributed by atoms with E-state index in [1.165, 1.54) is 24.8 Å². The van der Waals surface area contributed by atoms with Gasteiger partial charge in [-0.3, -0.25) is 9.59 Å². The SMILES string of the molecule is COC(=O)C1CCN(CCCc2ccc3c(c2)CO/C3=C2/C(=O)Nc3ccc(F)cc32)CC1. The predicted molar refractivity (Wildman–Crippen MR) is 123 cm³/mol. The summed E-state index contributed by atoms with van der Waals surface area (Å²) in [5.74, 6) is -0.179. The number of nitrogens with zero attached hydrogens (tertiary/aromatic N) is 1. The Balaban J connectivity index is 1.24. The van der Waals surface area contributed by atoms with Gasteiger partial charge in [0.2, 0.25) is 0 Å². The van der Waals surface area contributed by atoms with Crippen molar-refractivity contribution in [1.82, 2.24) is 4.90 Å². The molecule has 7 heteroatoms. The van der Waals surface area contributed by atoms with E-state index in [1.54, 1.807) is 6.07 Å². The monoisotopic (exact) mass is 450 g/mol. The van der Waals surface area contributed by atoms with E-state index in [4.69, 9.17) is 9.47 Å². The van der Waals surface area contributed by atoms with Crippen LogP contribution < -0.4 is 5.32 Å². The average molecular weight is 451 g/mol. The molecule has 0 saturated carbocycles. The van der Waals surface area contributed by atoms with Crippen molar-refractivity contribution in [3.63, 3.8) is 0 Å². The smallest absolute Gasteiger partial charge is 0.308 e. The third-order valence-corrected chi connectivity index (χ3v) is 6.80. The van der Waals surface area contributed by atoms with Gasteiger partial charge >= 0.3 is 5.97 Å². The second-order valence-corrected chi connectivity index (χ2v) is 8.87. The lowest BCUT2D eigenvalue weighted by atomic mass is 9.96. The summed E-state index contributed by atoms with van der Waals surface area (Å²) < 4.78 is 24.6. The zero-order valence-electron chi connectivity index (χ0n) is 18.7. The molecule has 0 aliphatic carbocycles. The Labute approximate surface area is 192 Å². The Morgan fingerprint density at radius 1 is 1.18 bits per heavy atom. The molecule has 1 N–H and O–H groups in total. The number of carbonyl (C=O) groups is 2. The Hall–Kier alpha value is -3.19. The number of nitrogens with one attached hydrogen (secondary N) is 1. The van der Waals surface area contributed by atoms with Gasteiger partial charge in [0, 0.05) is 22.4 Å². The van der Waals surface area contributed by atoms with Gasteiger partial charge in [-0.25, -0.2) is 4.39 Å². The van der Waals surface area contributed by atoms with Gasteiger partial charge in [-0.1, -0.05) is 18.2 Å². The number of fused-ring (bicyclic) bond motifs is 2. The summed E-state index contributed by atoms with van der Waals surface area (Å²) in [5, 5.41) is 2.79. The Kier molecular flexibility index (Phi) is 5.89. The molecule has 6 nitrogen and oxygen atoms in total. The molecule has 172 valence electrons. The molecule has 2 aromatic rings. The number of anilines is 1. The standard InChI is InChI=1S/C26H27FN2O4/c1-32-26(31)17-8-11-29(12-9-17)10-2-3-16-4-6-20-18(13-16)15-33-24(20)23-21-14-19(27)5-7-22(21)28-25(23)30/h4-7,13-14,17H,2-3,8-12,15H2,1H3,(H,28,30)/b24-23+. The van der Waals surface area contributed by atoms with Crippen LogP contribution in [-0.2, 0) is 32.1 Å². The maximum atomic E-state index is 13.8. The summed E-state index contributed by atoms with van der Waals surface area (Å²) in [5.41, 5.74) is 4.72. The molecular weight excluding hydrogens is 423 g/mol. The van der Waals surface area contributed by atoms with Gasteiger partial charge in [-0.05, 0) is 69.1 Å². The molecule has 3 aliphatic heterocycles. The van der Waals surface area contributed by atoms with Crippen molar-refractivity contribution >= 4 is 28.9 Å². The number of methoxy groups -OCH3 is 1. The lowest BCUT2D eigenvalue weighted by Crippen LogP contribution is -2.37. The second-order valence-electron chi connectivity index (χ2n) is 8.87. The number of esters is 1. The van der Waals surface area contributed by atoms with E-state index in [-0.39, 0.29) is 23.6 Å². The second kappa shape index (κ2) is 8.98. The number of benzene rings is 2. The molecule has 0 spiro atoms. The van der Waals surface area contributed by atoms with Crippen LogP contribution in [0.25, 0.3) is 11.3 Å². The van der Waals surface area contributed by atoms with Gasteiger partial charge < -0.3 is 19.7 Å². The number of likely N-dealkylation sites (tertiary alicyclic amines) is 1. The highest BCUT2D eigenvalue weighted by Gasteiger charge is 2.33. The predicted octanol–water partition coefficient (Wildman–Crippen LogP) is 3.99. The van der Waals surface area contributed by atoms with Crippen molar-refractivity contribution in [1.29, 1.82) is 0 Å². The van der Waals surface area contributed by atoms with Crippen molar-refractivity contribution in [2.45, 2.75) is 32.3 Å². The Morgan fingerprint density at radius 3 is 2.79 bits per heavy atom. The van der Waals surface area contributed by atoms with Crippen LogP contribution in [0.15, 0.2) is 36.4 Å². The number of aryl methyl sites for hydroxylation is 1. The zero-order valence-corrected chi connectivity index (χ0v) is 18.7. The van der Waals surface area contributed by atoms with E-state index in [0.717, 1.165) is 56.4 Å². The summed E-state index contributed by atoms with van der Waals surface area (Å²) >= 11 is 0. The summed E-state index contributed by atoms with van der Waals surface area (Å²) in [6.07, 6.45) is 3.71. The quantitative estimate of drug-likeness (QED) is 0.551. The molecule has 0 aromatic heterocycles. The van der Waals surface area contributed by atoms with Crippen LogP contribution in [-0.4, -0.2) is 43.5 Å². The highest BCUT2D eigenvalue weighted by Crippen LogP contribution is 2.42. The van der Waals surface area contributed by atoms with Crippen molar-refractivity contribution < 1.29 is 23.5 Å². The van der Waals surface area contributed by atoms with Gasteiger partial charge in [0.15, 0.2) is 0 Å². The molecule has 3 aliphatic rings. The number of piperidine rings is 1. The first kappa shape index (κ1) is 21.6. The largest absolute Gasteiger partial charge is 0.487 e. The number of halogens is 1. The topological polar surface area (TPSA) is 67.9 Å². The van der Waals surface area contributed by atoms with Crippen LogP contribution >= 0.6 is 0 Å². The molecule has 0 unspecified atom stereocenters. The van der Waals surface area contributed by atoms with Gasteiger partial charge in [-0.15, -0.1) is 0 Å². The molecule has 0 radical (unpaired) electrons. The van der Waals surface area contributed by atoms with Gasteiger partial charge in [-0.2, -0.15) is 0 Å². The lowest BCUT2D eigenvalue weighted by Gasteiger charge is -2.30. The number of hydrogen-bond acceptors (Lipinski definition) is 5. The molecule has 1 amide bonds. The van der Waals surface area contributed by atoms with Crippen molar-refractivity contribution in [2.24, 2.45) is 5.92 Å². The fraction of sp³-hybridized carbons (Fsp3) is 0.385. The van der Waals surface area contributed by atoms with Gasteiger partial charge in [0.25, 0.3) is 5.91 Å². The van der Waals surface area contributed by atoms with Crippen LogP contribution in [0.3, 0.4) is 0 Å². The number of ether oxygens (including phenoxy) is 2. The first-order valence-electron chi connectivity index (χ1n) is 11.4. The third kappa shape index (κ3) is 4.25. The summed E-state index contributed by atoms with van der Waals surface area (Å²) in [4.78, 5) is 26.7. The lowest BCUT2D eigenvalue weighted by molar-refractivity contribution is -0.147.